The van der Waals surface area contributed by atoms with E-state index in [-0.39, 0.29) is 0 Å². The molecule has 1 heterocycles. The van der Waals surface area contributed by atoms with Crippen LogP contribution in [0.5, 0.6) is 5.75 Å². The minimum absolute atomic E-state index is 0.555. The van der Waals surface area contributed by atoms with Gasteiger partial charge in [0, 0.05) is 12.0 Å². The molecule has 1 aromatic carbocycles. The fraction of sp³-hybridized carbons (Fsp3) is 0.412. The molecule has 3 nitrogen and oxygen atoms in total. The molecule has 0 aliphatic rings. The fourth-order valence-corrected chi connectivity index (χ4v) is 3.92. The van der Waals surface area contributed by atoms with Gasteiger partial charge < -0.3 is 4.74 Å². The van der Waals surface area contributed by atoms with E-state index in [1.165, 1.54) is 30.2 Å². The Morgan fingerprint density at radius 2 is 1.91 bits per heavy atom. The Morgan fingerprint density at radius 1 is 1.17 bits per heavy atom. The summed E-state index contributed by atoms with van der Waals surface area (Å²) in [4.78, 5) is 9.05. The van der Waals surface area contributed by atoms with Crippen LogP contribution in [0.25, 0.3) is 0 Å². The predicted molar refractivity (Wildman–Crippen MR) is 100 cm³/mol. The lowest BCUT2D eigenvalue weighted by Gasteiger charge is -2.12. The van der Waals surface area contributed by atoms with Gasteiger partial charge in [0.2, 0.25) is 0 Å². The van der Waals surface area contributed by atoms with Gasteiger partial charge in [0.25, 0.3) is 0 Å². The Morgan fingerprint density at radius 3 is 2.52 bits per heavy atom. The van der Waals surface area contributed by atoms with Gasteiger partial charge in [-0.05, 0) is 36.1 Å². The molecule has 6 heteroatoms. The van der Waals surface area contributed by atoms with Gasteiger partial charge in [-0.1, -0.05) is 48.8 Å². The molecule has 0 unspecified atom stereocenters. The fourth-order valence-electron chi connectivity index (χ4n) is 2.04. The Balaban J connectivity index is 2.26. The smallest absolute Gasteiger partial charge is 0.189 e. The van der Waals surface area contributed by atoms with E-state index in [0.29, 0.717) is 5.15 Å². The minimum Gasteiger partial charge on any atom is -0.497 e. The molecule has 0 saturated carbocycles. The number of aromatic nitrogens is 2. The molecule has 2 rings (SSSR count). The lowest BCUT2D eigenvalue weighted by molar-refractivity contribution is 0.414. The summed E-state index contributed by atoms with van der Waals surface area (Å²) >= 11 is 9.72. The average molecular weight is 369 g/mol. The van der Waals surface area contributed by atoms with Crippen LogP contribution in [0.4, 0.5) is 0 Å². The standard InChI is InChI=1S/C17H21ClN2OS2/c1-4-5-10-23-16-14(15(18)19-17(20-16)22-3)11-12-6-8-13(21-2)9-7-12/h6-9H,4-5,10-11H2,1-3H3. The number of halogens is 1. The van der Waals surface area contributed by atoms with E-state index in [1.807, 2.05) is 18.4 Å². The number of methoxy groups -OCH3 is 1. The van der Waals surface area contributed by atoms with Crippen LogP contribution in [-0.2, 0) is 6.42 Å². The molecule has 0 bridgehead atoms. The van der Waals surface area contributed by atoms with Crippen LogP contribution in [0.2, 0.25) is 5.15 Å². The summed E-state index contributed by atoms with van der Waals surface area (Å²) in [5, 5.41) is 2.28. The van der Waals surface area contributed by atoms with E-state index in [0.717, 1.165) is 33.7 Å². The topological polar surface area (TPSA) is 35.0 Å². The molecule has 1 aromatic heterocycles. The van der Waals surface area contributed by atoms with Gasteiger partial charge in [-0.2, -0.15) is 0 Å². The van der Waals surface area contributed by atoms with Crippen LogP contribution < -0.4 is 4.74 Å². The van der Waals surface area contributed by atoms with Gasteiger partial charge in [-0.25, -0.2) is 9.97 Å². The zero-order valence-corrected chi connectivity index (χ0v) is 16.0. The molecule has 0 radical (unpaired) electrons. The highest BCUT2D eigenvalue weighted by atomic mass is 35.5. The molecular weight excluding hydrogens is 348 g/mol. The van der Waals surface area contributed by atoms with Crippen molar-refractivity contribution < 1.29 is 4.74 Å². The largest absolute Gasteiger partial charge is 0.497 e. The van der Waals surface area contributed by atoms with E-state index in [9.17, 15) is 0 Å². The van der Waals surface area contributed by atoms with Crippen molar-refractivity contribution in [1.82, 2.24) is 9.97 Å². The van der Waals surface area contributed by atoms with Gasteiger partial charge in [0.05, 0.1) is 7.11 Å². The Hall–Kier alpha value is -0.910. The van der Waals surface area contributed by atoms with E-state index in [1.54, 1.807) is 18.9 Å². The van der Waals surface area contributed by atoms with Gasteiger partial charge in [-0.3, -0.25) is 0 Å². The summed E-state index contributed by atoms with van der Waals surface area (Å²) < 4.78 is 5.20. The monoisotopic (exact) mass is 368 g/mol. The summed E-state index contributed by atoms with van der Waals surface area (Å²) in [5.74, 6) is 1.90. The summed E-state index contributed by atoms with van der Waals surface area (Å²) in [5.41, 5.74) is 2.18. The third-order valence-electron chi connectivity index (χ3n) is 3.36. The van der Waals surface area contributed by atoms with Gasteiger partial charge >= 0.3 is 0 Å². The number of nitrogens with zero attached hydrogens (tertiary/aromatic N) is 2. The van der Waals surface area contributed by atoms with Crippen LogP contribution in [0.3, 0.4) is 0 Å². The van der Waals surface area contributed by atoms with Crippen molar-refractivity contribution in [2.24, 2.45) is 0 Å². The number of hydrogen-bond donors (Lipinski definition) is 0. The maximum absolute atomic E-state index is 6.43. The molecule has 2 aromatic rings. The average Bonchev–Trinajstić information content (AvgIpc) is 2.58. The van der Waals surface area contributed by atoms with Crippen LogP contribution in [0, 0.1) is 0 Å². The maximum Gasteiger partial charge on any atom is 0.189 e. The second-order valence-corrected chi connectivity index (χ2v) is 7.23. The van der Waals surface area contributed by atoms with E-state index < -0.39 is 0 Å². The molecule has 0 aliphatic heterocycles. The van der Waals surface area contributed by atoms with Crippen LogP contribution >= 0.6 is 35.1 Å². The lowest BCUT2D eigenvalue weighted by atomic mass is 10.1. The third kappa shape index (κ3) is 5.30. The highest BCUT2D eigenvalue weighted by molar-refractivity contribution is 7.99. The molecule has 0 N–H and O–H groups in total. The van der Waals surface area contributed by atoms with Crippen LogP contribution in [-0.4, -0.2) is 29.1 Å². The maximum atomic E-state index is 6.43. The number of unbranched alkanes of at least 4 members (excludes halogenated alkanes) is 1. The van der Waals surface area contributed by atoms with Crippen molar-refractivity contribution in [2.75, 3.05) is 19.1 Å². The van der Waals surface area contributed by atoms with Crippen molar-refractivity contribution >= 4 is 35.1 Å². The van der Waals surface area contributed by atoms with Gasteiger partial charge in [0.15, 0.2) is 5.16 Å². The molecule has 0 spiro atoms. The van der Waals surface area contributed by atoms with Crippen molar-refractivity contribution in [2.45, 2.75) is 36.4 Å². The number of hydrogen-bond acceptors (Lipinski definition) is 5. The molecule has 0 saturated heterocycles. The second kappa shape index (κ2) is 9.40. The molecular formula is C17H21ClN2OS2. The Bertz CT molecular complexity index is 635. The zero-order chi connectivity index (χ0) is 16.7. The summed E-state index contributed by atoms with van der Waals surface area (Å²) in [6.45, 7) is 2.19. The first-order valence-electron chi connectivity index (χ1n) is 7.54. The molecule has 124 valence electrons. The summed E-state index contributed by atoms with van der Waals surface area (Å²) in [7, 11) is 1.67. The highest BCUT2D eigenvalue weighted by Crippen LogP contribution is 2.31. The highest BCUT2D eigenvalue weighted by Gasteiger charge is 2.14. The second-order valence-electron chi connectivity index (χ2n) is 5.01. The quantitative estimate of drug-likeness (QED) is 0.272. The van der Waals surface area contributed by atoms with E-state index in [4.69, 9.17) is 16.3 Å². The normalized spacial score (nSPS) is 10.8. The van der Waals surface area contributed by atoms with Crippen molar-refractivity contribution in [1.29, 1.82) is 0 Å². The molecule has 23 heavy (non-hydrogen) atoms. The first-order chi connectivity index (χ1) is 11.2. The summed E-state index contributed by atoms with van der Waals surface area (Å²) in [6, 6.07) is 8.03. The van der Waals surface area contributed by atoms with Gasteiger partial charge in [-0.15, -0.1) is 11.8 Å². The molecule has 0 aliphatic carbocycles. The van der Waals surface area contributed by atoms with E-state index in [2.05, 4.69) is 29.0 Å². The third-order valence-corrected chi connectivity index (χ3v) is 5.32. The van der Waals surface area contributed by atoms with Crippen LogP contribution in [0.1, 0.15) is 30.9 Å². The molecule has 0 atom stereocenters. The van der Waals surface area contributed by atoms with Crippen molar-refractivity contribution in [3.8, 4) is 5.75 Å². The Kier molecular flexibility index (Phi) is 7.53. The first-order valence-corrected chi connectivity index (χ1v) is 10.1. The van der Waals surface area contributed by atoms with Crippen molar-refractivity contribution in [3.05, 3.63) is 40.5 Å². The molecule has 0 amide bonds. The zero-order valence-electron chi connectivity index (χ0n) is 13.6. The van der Waals surface area contributed by atoms with E-state index >= 15 is 0 Å². The predicted octanol–water partition coefficient (Wildman–Crippen LogP) is 5.34. The van der Waals surface area contributed by atoms with Crippen molar-refractivity contribution in [3.63, 3.8) is 0 Å². The number of ether oxygens (including phenoxy) is 1. The summed E-state index contributed by atoms with van der Waals surface area (Å²) in [6.07, 6.45) is 5.04. The SMILES string of the molecule is CCCCSc1nc(SC)nc(Cl)c1Cc1ccc(OC)cc1. The lowest BCUT2D eigenvalue weighted by Crippen LogP contribution is -2.01. The molecule has 0 fully saturated rings. The number of thioether (sulfide) groups is 2. The Labute approximate surface area is 151 Å². The minimum atomic E-state index is 0.555. The van der Waals surface area contributed by atoms with Gasteiger partial charge in [0.1, 0.15) is 15.9 Å². The first kappa shape index (κ1) is 18.4. The number of rotatable bonds is 8. The van der Waals surface area contributed by atoms with Crippen LogP contribution in [0.15, 0.2) is 34.4 Å². The number of benzene rings is 1.